The number of rotatable bonds is 31. The number of carbonyl (C=O) groups excluding carboxylic acids is 8. The van der Waals surface area contributed by atoms with Gasteiger partial charge >= 0.3 is 5.97 Å². The molecule has 0 aromatic rings. The van der Waals surface area contributed by atoms with E-state index in [2.05, 4.69) is 33.5 Å². The molecule has 62 heavy (non-hydrogen) atoms. The summed E-state index contributed by atoms with van der Waals surface area (Å²) in [5, 5.41) is 23.9. The Labute approximate surface area is 370 Å². The van der Waals surface area contributed by atoms with Crippen LogP contribution < -0.4 is 32.3 Å². The van der Waals surface area contributed by atoms with Crippen LogP contribution in [0.5, 0.6) is 0 Å². The van der Waals surface area contributed by atoms with Crippen LogP contribution in [0.4, 0.5) is 0 Å². The second-order valence-corrected chi connectivity index (χ2v) is 18.2. The zero-order valence-electron chi connectivity index (χ0n) is 39.1. The summed E-state index contributed by atoms with van der Waals surface area (Å²) in [6.07, 6.45) is 11.8. The third-order valence-electron chi connectivity index (χ3n) is 11.0. The molecule has 0 spiro atoms. The van der Waals surface area contributed by atoms with E-state index in [4.69, 9.17) is 10.5 Å². The Bertz CT molecular complexity index is 1440. The molecule has 0 aromatic carbocycles. The predicted octanol–water partition coefficient (Wildman–Crippen LogP) is 3.28. The normalized spacial score (nSPS) is 17.5. The lowest BCUT2D eigenvalue weighted by Gasteiger charge is -2.30. The van der Waals surface area contributed by atoms with Crippen LogP contribution in [0.2, 0.25) is 0 Å². The van der Waals surface area contributed by atoms with Gasteiger partial charge in [-0.2, -0.15) is 0 Å². The number of β-amino-alcohol motifs (C(OH)–C–C–N with tert-alkyl or cyclic N) is 1. The van der Waals surface area contributed by atoms with Crippen molar-refractivity contribution in [1.29, 1.82) is 0 Å². The lowest BCUT2D eigenvalue weighted by atomic mass is 9.98. The molecule has 17 heteroatoms. The number of unbranched alkanes of at least 4 members (excludes halogenated alkanes) is 10. The largest absolute Gasteiger partial charge is 0.467 e. The van der Waals surface area contributed by atoms with E-state index in [-0.39, 0.29) is 62.8 Å². The first-order chi connectivity index (χ1) is 29.2. The van der Waals surface area contributed by atoms with E-state index >= 15 is 0 Å². The first-order valence-electron chi connectivity index (χ1n) is 23.1. The fourth-order valence-corrected chi connectivity index (χ4v) is 7.56. The van der Waals surface area contributed by atoms with Crippen LogP contribution in [0.15, 0.2) is 0 Å². The first kappa shape index (κ1) is 55.7. The number of carbonyl (C=O) groups is 8. The van der Waals surface area contributed by atoms with Crippen LogP contribution >= 0.6 is 0 Å². The molecular weight excluding hydrogens is 799 g/mol. The number of methoxy groups -OCH3 is 1. The van der Waals surface area contributed by atoms with Crippen molar-refractivity contribution in [2.75, 3.05) is 13.7 Å². The third kappa shape index (κ3) is 21.7. The average Bonchev–Trinajstić information content (AvgIpc) is 3.59. The fraction of sp³-hybridized carbons (Fsp3) is 0.822. The smallest absolute Gasteiger partial charge is 0.328 e. The van der Waals surface area contributed by atoms with E-state index in [0.29, 0.717) is 6.42 Å². The molecule has 0 aliphatic carbocycles. The lowest BCUT2D eigenvalue weighted by Crippen LogP contribution is -2.60. The zero-order chi connectivity index (χ0) is 46.9. The van der Waals surface area contributed by atoms with Crippen LogP contribution in [0.25, 0.3) is 0 Å². The Morgan fingerprint density at radius 3 is 1.69 bits per heavy atom. The monoisotopic (exact) mass is 880 g/mol. The number of aliphatic hydroxyl groups excluding tert-OH is 1. The highest BCUT2D eigenvalue weighted by atomic mass is 16.5. The first-order valence-corrected chi connectivity index (χ1v) is 23.1. The van der Waals surface area contributed by atoms with Crippen LogP contribution in [0.3, 0.4) is 0 Å². The lowest BCUT2D eigenvalue weighted by molar-refractivity contribution is -0.146. The molecule has 1 aliphatic heterocycles. The Morgan fingerprint density at radius 1 is 0.661 bits per heavy atom. The number of nitrogens with zero attached hydrogens (tertiary/aromatic N) is 1. The molecule has 7 amide bonds. The van der Waals surface area contributed by atoms with E-state index in [1.54, 1.807) is 13.8 Å². The second kappa shape index (κ2) is 29.9. The SMILES string of the molecule is CCCCCCCCCCCCCC(=O)N[C@@H](C)C(=O)N1C[C@@H](O)C[C@H]1C(=O)N[C@@H](CC(C)C)C(=O)N[C@H](C(=O)N[C@@H](CCC(N)=O)C(=O)N[C@@H](CC(C)C)C(=O)OC)C(C)C. The maximum atomic E-state index is 13.9. The van der Waals surface area contributed by atoms with Gasteiger partial charge in [-0.3, -0.25) is 33.6 Å². The number of amides is 7. The maximum absolute atomic E-state index is 13.9. The van der Waals surface area contributed by atoms with Gasteiger partial charge in [-0.05, 0) is 50.4 Å². The molecule has 7 atom stereocenters. The van der Waals surface area contributed by atoms with E-state index in [1.165, 1.54) is 63.9 Å². The van der Waals surface area contributed by atoms with Crippen LogP contribution in [-0.2, 0) is 43.1 Å². The molecule has 1 aliphatic rings. The molecule has 1 saturated heterocycles. The van der Waals surface area contributed by atoms with Gasteiger partial charge in [0, 0.05) is 25.8 Å². The highest BCUT2D eigenvalue weighted by Gasteiger charge is 2.42. The number of hydrogen-bond donors (Lipinski definition) is 7. The minimum Gasteiger partial charge on any atom is -0.467 e. The molecular formula is C45H81N7O10. The Kier molecular flexibility index (Phi) is 26.9. The van der Waals surface area contributed by atoms with Crippen LogP contribution in [0.1, 0.15) is 165 Å². The Morgan fingerprint density at radius 2 is 1.18 bits per heavy atom. The average molecular weight is 880 g/mol. The van der Waals surface area contributed by atoms with Gasteiger partial charge in [0.2, 0.25) is 41.4 Å². The summed E-state index contributed by atoms with van der Waals surface area (Å²) in [4.78, 5) is 107. The highest BCUT2D eigenvalue weighted by Crippen LogP contribution is 2.21. The molecule has 0 bridgehead atoms. The van der Waals surface area contributed by atoms with Crippen molar-refractivity contribution in [3.05, 3.63) is 0 Å². The van der Waals surface area contributed by atoms with Crippen LogP contribution in [-0.4, -0.2) is 113 Å². The number of esters is 1. The molecule has 0 unspecified atom stereocenters. The molecule has 17 nitrogen and oxygen atoms in total. The van der Waals surface area contributed by atoms with Gasteiger partial charge in [-0.1, -0.05) is 113 Å². The number of aliphatic hydroxyl groups is 1. The third-order valence-corrected chi connectivity index (χ3v) is 11.0. The maximum Gasteiger partial charge on any atom is 0.328 e. The van der Waals surface area contributed by atoms with Gasteiger partial charge in [-0.15, -0.1) is 0 Å². The van der Waals surface area contributed by atoms with Gasteiger partial charge in [0.1, 0.15) is 36.3 Å². The molecule has 1 rings (SSSR count). The topological polar surface area (TPSA) is 255 Å². The van der Waals surface area contributed by atoms with Crippen molar-refractivity contribution < 1.29 is 48.2 Å². The van der Waals surface area contributed by atoms with Gasteiger partial charge in [-0.25, -0.2) is 4.79 Å². The summed E-state index contributed by atoms with van der Waals surface area (Å²) in [6, 6.07) is -6.74. The van der Waals surface area contributed by atoms with Gasteiger partial charge in [0.25, 0.3) is 0 Å². The number of ether oxygens (including phenoxy) is 1. The molecule has 356 valence electrons. The van der Waals surface area contributed by atoms with E-state index in [1.807, 2.05) is 27.7 Å². The summed E-state index contributed by atoms with van der Waals surface area (Å²) in [6.45, 7) is 14.4. The summed E-state index contributed by atoms with van der Waals surface area (Å²) in [5.74, 6) is -5.66. The minimum absolute atomic E-state index is 0.00481. The fourth-order valence-electron chi connectivity index (χ4n) is 7.56. The molecule has 1 heterocycles. The number of primary amides is 1. The summed E-state index contributed by atoms with van der Waals surface area (Å²) in [5.41, 5.74) is 5.35. The summed E-state index contributed by atoms with van der Waals surface area (Å²) >= 11 is 0. The van der Waals surface area contributed by atoms with Gasteiger partial charge in [0.05, 0.1) is 13.2 Å². The zero-order valence-corrected chi connectivity index (χ0v) is 39.1. The predicted molar refractivity (Wildman–Crippen MR) is 237 cm³/mol. The molecule has 0 radical (unpaired) electrons. The van der Waals surface area contributed by atoms with E-state index in [0.717, 1.165) is 19.3 Å². The molecule has 8 N–H and O–H groups in total. The minimum atomic E-state index is -1.30. The highest BCUT2D eigenvalue weighted by molar-refractivity contribution is 5.97. The van der Waals surface area contributed by atoms with Crippen molar-refractivity contribution in [1.82, 2.24) is 31.5 Å². The standard InChI is InChI=1S/C45H81N7O10/c1-10-11-12-13-14-15-16-17-18-19-20-21-38(55)47-31(8)44(60)52-27-32(53)26-36(52)42(58)49-34(24-28(2)3)41(57)51-39(30(6)7)43(59)48-33(22-23-37(46)54)40(56)50-35(25-29(4)5)45(61)62-9/h28-36,39,53H,10-27H2,1-9H3,(H2,46,54)(H,47,55)(H,48,59)(H,49,58)(H,50,56)(H,51,57)/t31-,32-,33-,34-,35-,36-,39-/m0/s1. The van der Waals surface area contributed by atoms with E-state index in [9.17, 15) is 43.5 Å². The molecule has 0 saturated carbocycles. The number of likely N-dealkylation sites (tertiary alicyclic amines) is 1. The Balaban J connectivity index is 2.98. The number of hydrogen-bond acceptors (Lipinski definition) is 10. The van der Waals surface area contributed by atoms with Crippen molar-refractivity contribution in [2.24, 2.45) is 23.5 Å². The molecule has 0 aromatic heterocycles. The number of nitrogens with one attached hydrogen (secondary N) is 5. The summed E-state index contributed by atoms with van der Waals surface area (Å²) in [7, 11) is 1.19. The quantitative estimate of drug-likeness (QED) is 0.0395. The summed E-state index contributed by atoms with van der Waals surface area (Å²) < 4.78 is 4.84. The van der Waals surface area contributed by atoms with Crippen molar-refractivity contribution in [3.8, 4) is 0 Å². The second-order valence-electron chi connectivity index (χ2n) is 18.2. The van der Waals surface area contributed by atoms with Gasteiger partial charge < -0.3 is 47.1 Å². The molecule has 1 fully saturated rings. The van der Waals surface area contributed by atoms with Crippen molar-refractivity contribution in [3.63, 3.8) is 0 Å². The van der Waals surface area contributed by atoms with Crippen molar-refractivity contribution >= 4 is 47.3 Å². The van der Waals surface area contributed by atoms with Crippen molar-refractivity contribution in [2.45, 2.75) is 207 Å². The Hall–Kier alpha value is -4.28. The number of nitrogens with two attached hydrogens (primary N) is 1. The van der Waals surface area contributed by atoms with Crippen LogP contribution in [0, 0.1) is 17.8 Å². The van der Waals surface area contributed by atoms with Gasteiger partial charge in [0.15, 0.2) is 0 Å². The van der Waals surface area contributed by atoms with E-state index < -0.39 is 89.7 Å².